The zero-order valence-corrected chi connectivity index (χ0v) is 25.5. The number of nitriles is 1. The van der Waals surface area contributed by atoms with Crippen molar-refractivity contribution in [1.29, 1.82) is 5.26 Å². The van der Waals surface area contributed by atoms with E-state index in [2.05, 4.69) is 27.0 Å². The van der Waals surface area contributed by atoms with Gasteiger partial charge in [0.1, 0.15) is 11.8 Å². The normalized spacial score (nSPS) is 12.5. The van der Waals surface area contributed by atoms with Crippen LogP contribution >= 0.6 is 11.6 Å². The summed E-state index contributed by atoms with van der Waals surface area (Å²) in [5, 5.41) is 27.1. The van der Waals surface area contributed by atoms with E-state index in [1.807, 2.05) is 87.6 Å². The molecule has 2 atom stereocenters. The lowest BCUT2D eigenvalue weighted by molar-refractivity contribution is 0.0827. The first-order chi connectivity index (χ1) is 20.7. The van der Waals surface area contributed by atoms with Crippen LogP contribution in [0.1, 0.15) is 71.6 Å². The van der Waals surface area contributed by atoms with E-state index < -0.39 is 6.04 Å². The van der Waals surface area contributed by atoms with Gasteiger partial charge in [-0.2, -0.15) is 5.26 Å². The van der Waals surface area contributed by atoms with Gasteiger partial charge in [-0.25, -0.2) is 4.68 Å². The molecule has 3 aromatic carbocycles. The lowest BCUT2D eigenvalue weighted by Crippen LogP contribution is -2.22. The fourth-order valence-corrected chi connectivity index (χ4v) is 5.15. The molecule has 43 heavy (non-hydrogen) atoms. The second-order valence-electron chi connectivity index (χ2n) is 10.9. The van der Waals surface area contributed by atoms with Crippen LogP contribution in [-0.2, 0) is 0 Å². The highest BCUT2D eigenvalue weighted by Gasteiger charge is 2.23. The minimum atomic E-state index is -0.485. The molecule has 0 unspecified atom stereocenters. The van der Waals surface area contributed by atoms with Crippen LogP contribution in [-0.4, -0.2) is 44.9 Å². The number of hydrogen-bond donors (Lipinski definition) is 2. The number of anilines is 2. The van der Waals surface area contributed by atoms with Crippen molar-refractivity contribution in [2.45, 2.75) is 38.9 Å². The predicted octanol–water partition coefficient (Wildman–Crippen LogP) is 7.01. The number of carbonyl (C=O) groups excluding carboxylic acids is 1. The van der Waals surface area contributed by atoms with Gasteiger partial charge < -0.3 is 15.5 Å². The standard InChI is InChI=1S/C33H33ClN8O/c1-20(2)42-19-29(39-40-42)31(23-12-9-13-24(14-23)33(43)41(4)5)38-28-16-26(34)15-27-30(25(17-35)18-36-32(27)28)37-21(3)22-10-7-6-8-11-22/h6-16,18-21,31,38H,1-5H3,(H,36,37)/t21-,31+/m1/s1. The van der Waals surface area contributed by atoms with E-state index >= 15 is 0 Å². The number of hydrogen-bond acceptors (Lipinski definition) is 7. The monoisotopic (exact) mass is 592 g/mol. The number of nitrogens with one attached hydrogen (secondary N) is 2. The van der Waals surface area contributed by atoms with Gasteiger partial charge in [0.15, 0.2) is 0 Å². The van der Waals surface area contributed by atoms with Crippen LogP contribution < -0.4 is 10.6 Å². The second kappa shape index (κ2) is 12.5. The molecule has 218 valence electrons. The molecule has 0 fully saturated rings. The minimum absolute atomic E-state index is 0.0786. The third-order valence-corrected chi connectivity index (χ3v) is 7.46. The Morgan fingerprint density at radius 3 is 2.42 bits per heavy atom. The molecule has 1 amide bonds. The van der Waals surface area contributed by atoms with Crippen molar-refractivity contribution in [1.82, 2.24) is 24.9 Å². The van der Waals surface area contributed by atoms with Gasteiger partial charge in [-0.15, -0.1) is 5.10 Å². The summed E-state index contributed by atoms with van der Waals surface area (Å²) in [5.74, 6) is -0.103. The van der Waals surface area contributed by atoms with Gasteiger partial charge in [0.05, 0.1) is 34.7 Å². The summed E-state index contributed by atoms with van der Waals surface area (Å²) < 4.78 is 1.79. The number of aromatic nitrogens is 4. The molecule has 2 heterocycles. The Kier molecular flexibility index (Phi) is 8.60. The Balaban J connectivity index is 1.63. The summed E-state index contributed by atoms with van der Waals surface area (Å²) >= 11 is 6.71. The third-order valence-electron chi connectivity index (χ3n) is 7.24. The Morgan fingerprint density at radius 2 is 1.74 bits per heavy atom. The molecule has 5 rings (SSSR count). The fraction of sp³-hybridized carbons (Fsp3) is 0.242. The van der Waals surface area contributed by atoms with Crippen LogP contribution in [0, 0.1) is 11.3 Å². The molecule has 10 heteroatoms. The maximum absolute atomic E-state index is 12.8. The zero-order valence-electron chi connectivity index (χ0n) is 24.7. The summed E-state index contributed by atoms with van der Waals surface area (Å²) in [5.41, 5.74) is 5.47. The van der Waals surface area contributed by atoms with Crippen LogP contribution in [0.25, 0.3) is 10.9 Å². The first-order valence-corrected chi connectivity index (χ1v) is 14.4. The molecule has 0 saturated carbocycles. The van der Waals surface area contributed by atoms with Crippen LogP contribution in [0.4, 0.5) is 11.4 Å². The quantitative estimate of drug-likeness (QED) is 0.189. The molecule has 0 radical (unpaired) electrons. The average molecular weight is 593 g/mol. The van der Waals surface area contributed by atoms with Crippen molar-refractivity contribution in [2.75, 3.05) is 24.7 Å². The lowest BCUT2D eigenvalue weighted by atomic mass is 10.00. The van der Waals surface area contributed by atoms with Crippen molar-refractivity contribution < 1.29 is 4.79 Å². The number of nitrogens with zero attached hydrogens (tertiary/aromatic N) is 6. The third kappa shape index (κ3) is 6.30. The van der Waals surface area contributed by atoms with Crippen LogP contribution in [0.2, 0.25) is 5.02 Å². The van der Waals surface area contributed by atoms with Crippen molar-refractivity contribution in [2.24, 2.45) is 0 Å². The summed E-state index contributed by atoms with van der Waals surface area (Å²) in [6.07, 6.45) is 3.47. The van der Waals surface area contributed by atoms with Crippen molar-refractivity contribution >= 4 is 39.8 Å². The van der Waals surface area contributed by atoms with E-state index in [1.165, 1.54) is 0 Å². The minimum Gasteiger partial charge on any atom is -0.377 e. The molecular weight excluding hydrogens is 560 g/mol. The molecule has 9 nitrogen and oxygen atoms in total. The zero-order chi connectivity index (χ0) is 30.7. The van der Waals surface area contributed by atoms with Gasteiger partial charge in [0.2, 0.25) is 0 Å². The van der Waals surface area contributed by atoms with Crippen LogP contribution in [0.3, 0.4) is 0 Å². The van der Waals surface area contributed by atoms with Gasteiger partial charge in [-0.3, -0.25) is 9.78 Å². The van der Waals surface area contributed by atoms with Crippen LogP contribution in [0.5, 0.6) is 0 Å². The molecule has 0 aliphatic heterocycles. The molecule has 0 spiro atoms. The molecule has 0 bridgehead atoms. The van der Waals surface area contributed by atoms with Crippen molar-refractivity contribution in [3.63, 3.8) is 0 Å². The number of fused-ring (bicyclic) bond motifs is 1. The molecule has 0 saturated heterocycles. The largest absolute Gasteiger partial charge is 0.377 e. The van der Waals surface area contributed by atoms with E-state index in [1.54, 1.807) is 35.9 Å². The Morgan fingerprint density at radius 1 is 1.00 bits per heavy atom. The highest BCUT2D eigenvalue weighted by Crippen LogP contribution is 2.37. The summed E-state index contributed by atoms with van der Waals surface area (Å²) in [7, 11) is 3.45. The van der Waals surface area contributed by atoms with E-state index in [4.69, 9.17) is 16.6 Å². The van der Waals surface area contributed by atoms with Gasteiger partial charge in [0, 0.05) is 48.3 Å². The number of amides is 1. The number of halogens is 1. The Labute approximate surface area is 256 Å². The van der Waals surface area contributed by atoms with E-state index in [9.17, 15) is 10.1 Å². The first-order valence-electron chi connectivity index (χ1n) is 14.0. The van der Waals surface area contributed by atoms with E-state index in [0.29, 0.717) is 44.1 Å². The van der Waals surface area contributed by atoms with Gasteiger partial charge in [-0.1, -0.05) is 59.3 Å². The van der Waals surface area contributed by atoms with Gasteiger partial charge in [0.25, 0.3) is 5.91 Å². The number of pyridine rings is 1. The molecule has 5 aromatic rings. The summed E-state index contributed by atoms with van der Waals surface area (Å²) in [6, 6.07) is 22.9. The maximum Gasteiger partial charge on any atom is 0.253 e. The van der Waals surface area contributed by atoms with Crippen molar-refractivity contribution in [3.8, 4) is 6.07 Å². The van der Waals surface area contributed by atoms with E-state index in [0.717, 1.165) is 11.1 Å². The first kappa shape index (κ1) is 29.5. The lowest BCUT2D eigenvalue weighted by Gasteiger charge is -2.22. The maximum atomic E-state index is 12.8. The fourth-order valence-electron chi connectivity index (χ4n) is 4.93. The molecule has 2 aromatic heterocycles. The number of rotatable bonds is 9. The topological polar surface area (TPSA) is 112 Å². The van der Waals surface area contributed by atoms with E-state index in [-0.39, 0.29) is 18.0 Å². The summed E-state index contributed by atoms with van der Waals surface area (Å²) in [4.78, 5) is 19.1. The number of carbonyl (C=O) groups is 1. The predicted molar refractivity (Wildman–Crippen MR) is 170 cm³/mol. The van der Waals surface area contributed by atoms with Gasteiger partial charge in [-0.05, 0) is 56.2 Å². The highest BCUT2D eigenvalue weighted by atomic mass is 35.5. The molecule has 2 N–H and O–H groups in total. The molecular formula is C33H33ClN8O. The van der Waals surface area contributed by atoms with Crippen molar-refractivity contribution in [3.05, 3.63) is 112 Å². The highest BCUT2D eigenvalue weighted by molar-refractivity contribution is 6.32. The molecule has 0 aliphatic carbocycles. The SMILES string of the molecule is CC(C)n1cc([C@@H](Nc2cc(Cl)cc3c(N[C@H](C)c4ccccc4)c(C#N)cnc23)c2cccc(C(=O)N(C)C)c2)nn1. The average Bonchev–Trinajstić information content (AvgIpc) is 3.50. The molecule has 0 aliphatic rings. The summed E-state index contributed by atoms with van der Waals surface area (Å²) in [6.45, 7) is 6.11. The van der Waals surface area contributed by atoms with Crippen LogP contribution in [0.15, 0.2) is 79.1 Å². The Hall–Kier alpha value is -4.94. The van der Waals surface area contributed by atoms with Gasteiger partial charge >= 0.3 is 0 Å². The number of benzene rings is 3. The Bertz CT molecular complexity index is 1810. The second-order valence-corrected chi connectivity index (χ2v) is 11.3. The smallest absolute Gasteiger partial charge is 0.253 e.